The van der Waals surface area contributed by atoms with Crippen LogP contribution in [-0.2, 0) is 4.74 Å². The summed E-state index contributed by atoms with van der Waals surface area (Å²) < 4.78 is 18.4. The monoisotopic (exact) mass is 294 g/mol. The second-order valence-corrected chi connectivity index (χ2v) is 4.48. The number of esters is 1. The highest BCUT2D eigenvalue weighted by Crippen LogP contribution is 2.26. The first-order valence-electron chi connectivity index (χ1n) is 5.71. The van der Waals surface area contributed by atoms with Crippen LogP contribution in [0.4, 0.5) is 21.5 Å². The number of nitrogens with two attached hydrogens (primary N) is 1. The van der Waals surface area contributed by atoms with Gasteiger partial charge < -0.3 is 15.8 Å². The van der Waals surface area contributed by atoms with E-state index in [9.17, 15) is 9.18 Å². The predicted octanol–water partition coefficient (Wildman–Crippen LogP) is 3.59. The first kappa shape index (κ1) is 14.1. The van der Waals surface area contributed by atoms with Crippen LogP contribution in [0.15, 0.2) is 36.4 Å². The summed E-state index contributed by atoms with van der Waals surface area (Å²) >= 11 is 5.85. The number of nitrogen functional groups attached to an aromatic ring is 1. The van der Waals surface area contributed by atoms with Crippen molar-refractivity contribution in [2.75, 3.05) is 18.2 Å². The van der Waals surface area contributed by atoms with Gasteiger partial charge in [-0.3, -0.25) is 0 Å². The number of benzene rings is 2. The SMILES string of the molecule is COC(=O)c1cc(Nc2cccc(Cl)c2)c(F)cc1N. The highest BCUT2D eigenvalue weighted by molar-refractivity contribution is 6.30. The zero-order valence-electron chi connectivity index (χ0n) is 10.6. The Kier molecular flexibility index (Phi) is 4.10. The van der Waals surface area contributed by atoms with Gasteiger partial charge in [-0.15, -0.1) is 0 Å². The van der Waals surface area contributed by atoms with Crippen LogP contribution in [0.5, 0.6) is 0 Å². The van der Waals surface area contributed by atoms with E-state index in [-0.39, 0.29) is 16.9 Å². The molecule has 20 heavy (non-hydrogen) atoms. The van der Waals surface area contributed by atoms with E-state index in [1.165, 1.54) is 13.2 Å². The first-order valence-corrected chi connectivity index (χ1v) is 6.09. The predicted molar refractivity (Wildman–Crippen MR) is 76.9 cm³/mol. The summed E-state index contributed by atoms with van der Waals surface area (Å²) in [5.41, 5.74) is 6.42. The number of ether oxygens (including phenoxy) is 1. The fourth-order valence-electron chi connectivity index (χ4n) is 1.69. The van der Waals surface area contributed by atoms with Crippen LogP contribution >= 0.6 is 11.6 Å². The number of carbonyl (C=O) groups is 1. The average Bonchev–Trinajstić information content (AvgIpc) is 2.41. The number of hydrogen-bond donors (Lipinski definition) is 2. The van der Waals surface area contributed by atoms with Gasteiger partial charge in [-0.2, -0.15) is 0 Å². The third-order valence-electron chi connectivity index (χ3n) is 2.65. The van der Waals surface area contributed by atoms with Gasteiger partial charge in [0.1, 0.15) is 5.82 Å². The number of carbonyl (C=O) groups excluding carboxylic acids is 1. The number of rotatable bonds is 3. The summed E-state index contributed by atoms with van der Waals surface area (Å²) in [6.07, 6.45) is 0. The number of hydrogen-bond acceptors (Lipinski definition) is 4. The van der Waals surface area contributed by atoms with Crippen molar-refractivity contribution in [1.29, 1.82) is 0 Å². The van der Waals surface area contributed by atoms with Crippen LogP contribution in [0.3, 0.4) is 0 Å². The molecule has 0 bridgehead atoms. The summed E-state index contributed by atoms with van der Waals surface area (Å²) in [6.45, 7) is 0. The largest absolute Gasteiger partial charge is 0.465 e. The van der Waals surface area contributed by atoms with Gasteiger partial charge in [0, 0.05) is 16.4 Å². The second-order valence-electron chi connectivity index (χ2n) is 4.05. The van der Waals surface area contributed by atoms with Crippen LogP contribution in [0.1, 0.15) is 10.4 Å². The van der Waals surface area contributed by atoms with Gasteiger partial charge in [-0.05, 0) is 30.3 Å². The Balaban J connectivity index is 2.39. The van der Waals surface area contributed by atoms with E-state index >= 15 is 0 Å². The molecule has 0 aromatic heterocycles. The normalized spacial score (nSPS) is 10.2. The minimum Gasteiger partial charge on any atom is -0.465 e. The highest BCUT2D eigenvalue weighted by Gasteiger charge is 2.14. The lowest BCUT2D eigenvalue weighted by molar-refractivity contribution is 0.0602. The van der Waals surface area contributed by atoms with Gasteiger partial charge in [-0.1, -0.05) is 17.7 Å². The molecule has 0 atom stereocenters. The van der Waals surface area contributed by atoms with Crippen molar-refractivity contribution < 1.29 is 13.9 Å². The Morgan fingerprint density at radius 2 is 2.10 bits per heavy atom. The van der Waals surface area contributed by atoms with Crippen LogP contribution in [0, 0.1) is 5.82 Å². The van der Waals surface area contributed by atoms with Crippen molar-refractivity contribution in [3.05, 3.63) is 52.8 Å². The van der Waals surface area contributed by atoms with Gasteiger partial charge >= 0.3 is 5.97 Å². The molecule has 0 aliphatic rings. The van der Waals surface area contributed by atoms with Crippen LogP contribution < -0.4 is 11.1 Å². The second kappa shape index (κ2) is 5.79. The fourth-order valence-corrected chi connectivity index (χ4v) is 1.88. The minimum absolute atomic E-state index is 0.0194. The van der Waals surface area contributed by atoms with E-state index in [4.69, 9.17) is 17.3 Å². The molecule has 2 aromatic rings. The average molecular weight is 295 g/mol. The number of methoxy groups -OCH3 is 1. The lowest BCUT2D eigenvalue weighted by Gasteiger charge is -2.11. The van der Waals surface area contributed by atoms with Crippen LogP contribution in [0.2, 0.25) is 5.02 Å². The Morgan fingerprint density at radius 3 is 2.75 bits per heavy atom. The van der Waals surface area contributed by atoms with E-state index in [1.54, 1.807) is 24.3 Å². The molecule has 3 N–H and O–H groups in total. The molecule has 4 nitrogen and oxygen atoms in total. The lowest BCUT2D eigenvalue weighted by Crippen LogP contribution is -2.07. The standard InChI is InChI=1S/C14H12ClFN2O2/c1-20-14(19)10-6-13(11(16)7-12(10)17)18-9-4-2-3-8(15)5-9/h2-7,18H,17H2,1H3. The summed E-state index contributed by atoms with van der Waals surface area (Å²) in [6, 6.07) is 9.15. The van der Waals surface area contributed by atoms with Crippen molar-refractivity contribution in [2.24, 2.45) is 0 Å². The Bertz CT molecular complexity index is 662. The molecule has 104 valence electrons. The molecule has 0 amide bonds. The first-order chi connectivity index (χ1) is 9.51. The summed E-state index contributed by atoms with van der Waals surface area (Å²) in [5.74, 6) is -1.20. The van der Waals surface area contributed by atoms with E-state index in [0.717, 1.165) is 6.07 Å². The topological polar surface area (TPSA) is 64.3 Å². The maximum atomic E-state index is 13.9. The van der Waals surface area contributed by atoms with Gasteiger partial charge in [0.2, 0.25) is 0 Å². The minimum atomic E-state index is -0.628. The van der Waals surface area contributed by atoms with Gasteiger partial charge in [-0.25, -0.2) is 9.18 Å². The Labute approximate surface area is 120 Å². The maximum Gasteiger partial charge on any atom is 0.340 e. The van der Waals surface area contributed by atoms with Crippen LogP contribution in [0.25, 0.3) is 0 Å². The molecule has 0 saturated heterocycles. The van der Waals surface area contributed by atoms with Crippen molar-refractivity contribution >= 4 is 34.6 Å². The smallest absolute Gasteiger partial charge is 0.340 e. The third-order valence-corrected chi connectivity index (χ3v) is 2.88. The van der Waals surface area contributed by atoms with E-state index in [2.05, 4.69) is 10.1 Å². The third kappa shape index (κ3) is 3.00. The lowest BCUT2D eigenvalue weighted by atomic mass is 10.1. The summed E-state index contributed by atoms with van der Waals surface area (Å²) in [7, 11) is 1.23. The van der Waals surface area contributed by atoms with E-state index < -0.39 is 11.8 Å². The molecule has 0 unspecified atom stereocenters. The van der Waals surface area contributed by atoms with Crippen molar-refractivity contribution in [3.63, 3.8) is 0 Å². The van der Waals surface area contributed by atoms with Gasteiger partial charge in [0.25, 0.3) is 0 Å². The molecule has 2 rings (SSSR count). The molecule has 0 saturated carbocycles. The molecule has 0 heterocycles. The number of halogens is 2. The fraction of sp³-hybridized carbons (Fsp3) is 0.0714. The maximum absolute atomic E-state index is 13.9. The van der Waals surface area contributed by atoms with Crippen LogP contribution in [-0.4, -0.2) is 13.1 Å². The molecule has 2 aromatic carbocycles. The zero-order valence-corrected chi connectivity index (χ0v) is 11.4. The molecule has 0 fully saturated rings. The van der Waals surface area contributed by atoms with E-state index in [0.29, 0.717) is 10.7 Å². The molecule has 0 spiro atoms. The highest BCUT2D eigenvalue weighted by atomic mass is 35.5. The summed E-state index contributed by atoms with van der Waals surface area (Å²) in [4.78, 5) is 11.5. The van der Waals surface area contributed by atoms with E-state index in [1.807, 2.05) is 0 Å². The zero-order chi connectivity index (χ0) is 14.7. The van der Waals surface area contributed by atoms with Crippen molar-refractivity contribution in [2.45, 2.75) is 0 Å². The van der Waals surface area contributed by atoms with Crippen molar-refractivity contribution in [1.82, 2.24) is 0 Å². The molecule has 0 radical (unpaired) electrons. The molecule has 0 aliphatic heterocycles. The van der Waals surface area contributed by atoms with Gasteiger partial charge in [0.05, 0.1) is 18.4 Å². The quantitative estimate of drug-likeness (QED) is 0.671. The number of nitrogens with one attached hydrogen (secondary N) is 1. The Hall–Kier alpha value is -2.27. The molecular formula is C14H12ClFN2O2. The Morgan fingerprint density at radius 1 is 1.35 bits per heavy atom. The number of anilines is 3. The molecular weight excluding hydrogens is 283 g/mol. The molecule has 0 aliphatic carbocycles. The molecule has 6 heteroatoms. The van der Waals surface area contributed by atoms with Gasteiger partial charge in [0.15, 0.2) is 0 Å². The van der Waals surface area contributed by atoms with Crippen molar-refractivity contribution in [3.8, 4) is 0 Å². The summed E-state index contributed by atoms with van der Waals surface area (Å²) in [5, 5.41) is 3.35.